The van der Waals surface area contributed by atoms with Crippen molar-refractivity contribution in [1.29, 1.82) is 0 Å². The number of ether oxygens (including phenoxy) is 1. The molecule has 0 aliphatic rings. The molecule has 0 radical (unpaired) electrons. The van der Waals surface area contributed by atoms with Gasteiger partial charge in [-0.05, 0) is 65.7 Å². The molecule has 5 aromatic rings. The Labute approximate surface area is 205 Å². The molecule has 5 rings (SSSR count). The van der Waals surface area contributed by atoms with Gasteiger partial charge in [-0.25, -0.2) is 27.5 Å². The number of halogens is 1. The van der Waals surface area contributed by atoms with E-state index in [1.54, 1.807) is 48.5 Å². The number of anilines is 1. The quantitative estimate of drug-likeness (QED) is 0.369. The van der Waals surface area contributed by atoms with E-state index < -0.39 is 10.0 Å². The summed E-state index contributed by atoms with van der Waals surface area (Å²) >= 11 is 0. The van der Waals surface area contributed by atoms with Crippen LogP contribution >= 0.6 is 0 Å². The smallest absolute Gasteiger partial charge is 0.264 e. The van der Waals surface area contributed by atoms with Gasteiger partial charge in [0, 0.05) is 23.8 Å². The van der Waals surface area contributed by atoms with Gasteiger partial charge < -0.3 is 4.74 Å². The van der Waals surface area contributed by atoms with E-state index in [4.69, 9.17) is 4.74 Å². The highest BCUT2D eigenvalue weighted by molar-refractivity contribution is 7.92. The molecule has 8 nitrogen and oxygen atoms in total. The number of rotatable bonds is 6. The van der Waals surface area contributed by atoms with Crippen molar-refractivity contribution < 1.29 is 17.5 Å². The van der Waals surface area contributed by atoms with Crippen LogP contribution in [-0.2, 0) is 10.0 Å². The first kappa shape index (κ1) is 23.2. The molecule has 0 saturated carbocycles. The SMILES string of the molecule is COc1ccc(-c2cccc(F)c2)cc1-n1c(=O)ccc2cc(S(=O)(=O)Nc3ncccn3)ccc21. The van der Waals surface area contributed by atoms with E-state index in [0.717, 1.165) is 0 Å². The van der Waals surface area contributed by atoms with E-state index in [2.05, 4.69) is 14.7 Å². The highest BCUT2D eigenvalue weighted by Gasteiger charge is 2.18. The van der Waals surface area contributed by atoms with Gasteiger partial charge >= 0.3 is 0 Å². The van der Waals surface area contributed by atoms with Crippen LogP contribution < -0.4 is 15.0 Å². The predicted octanol–water partition coefficient (Wildman–Crippen LogP) is 4.40. The molecule has 180 valence electrons. The number of nitrogens with one attached hydrogen (secondary N) is 1. The Morgan fingerprint density at radius 3 is 2.42 bits per heavy atom. The molecule has 0 atom stereocenters. The summed E-state index contributed by atoms with van der Waals surface area (Å²) in [7, 11) is -2.49. The number of hydrogen-bond donors (Lipinski definition) is 1. The van der Waals surface area contributed by atoms with Crippen molar-refractivity contribution in [2.45, 2.75) is 4.90 Å². The minimum absolute atomic E-state index is 0.0203. The molecule has 0 bridgehead atoms. The van der Waals surface area contributed by atoms with Crippen LogP contribution in [0.4, 0.5) is 10.3 Å². The Hall–Kier alpha value is -4.57. The van der Waals surface area contributed by atoms with Crippen LogP contribution in [-0.4, -0.2) is 30.1 Å². The Morgan fingerprint density at radius 1 is 0.889 bits per heavy atom. The lowest BCUT2D eigenvalue weighted by Gasteiger charge is -2.16. The normalized spacial score (nSPS) is 11.4. The molecule has 10 heteroatoms. The number of methoxy groups -OCH3 is 1. The van der Waals surface area contributed by atoms with Crippen LogP contribution in [0.25, 0.3) is 27.7 Å². The van der Waals surface area contributed by atoms with Gasteiger partial charge in [-0.2, -0.15) is 0 Å². The van der Waals surface area contributed by atoms with Gasteiger partial charge in [-0.1, -0.05) is 18.2 Å². The fraction of sp³-hybridized carbons (Fsp3) is 0.0385. The zero-order valence-corrected chi connectivity index (χ0v) is 19.7. The van der Waals surface area contributed by atoms with Crippen LogP contribution in [0, 0.1) is 5.82 Å². The molecular weight excluding hydrogens is 483 g/mol. The first-order chi connectivity index (χ1) is 17.4. The Kier molecular flexibility index (Phi) is 5.95. The van der Waals surface area contributed by atoms with Crippen molar-refractivity contribution in [3.05, 3.63) is 107 Å². The largest absolute Gasteiger partial charge is 0.495 e. The third-order valence-corrected chi connectivity index (χ3v) is 6.87. The van der Waals surface area contributed by atoms with Crippen LogP contribution in [0.1, 0.15) is 0 Å². The number of nitrogens with zero attached hydrogens (tertiary/aromatic N) is 3. The van der Waals surface area contributed by atoms with E-state index in [9.17, 15) is 17.6 Å². The molecular formula is C26H19FN4O4S. The first-order valence-electron chi connectivity index (χ1n) is 10.8. The molecule has 0 amide bonds. The van der Waals surface area contributed by atoms with Crippen LogP contribution in [0.5, 0.6) is 5.75 Å². The van der Waals surface area contributed by atoms with Gasteiger partial charge in [0.1, 0.15) is 11.6 Å². The maximum atomic E-state index is 13.8. The topological polar surface area (TPSA) is 103 Å². The lowest BCUT2D eigenvalue weighted by molar-refractivity contribution is 0.413. The predicted molar refractivity (Wildman–Crippen MR) is 134 cm³/mol. The number of aromatic nitrogens is 3. The molecule has 2 aromatic heterocycles. The van der Waals surface area contributed by atoms with E-state index >= 15 is 0 Å². The van der Waals surface area contributed by atoms with Gasteiger partial charge in [0.2, 0.25) is 5.95 Å². The van der Waals surface area contributed by atoms with Crippen LogP contribution in [0.2, 0.25) is 0 Å². The molecule has 0 aliphatic heterocycles. The monoisotopic (exact) mass is 502 g/mol. The van der Waals surface area contributed by atoms with E-state index in [0.29, 0.717) is 33.5 Å². The molecule has 2 heterocycles. The highest BCUT2D eigenvalue weighted by atomic mass is 32.2. The van der Waals surface area contributed by atoms with Gasteiger partial charge in [-0.3, -0.25) is 9.36 Å². The van der Waals surface area contributed by atoms with E-state index in [-0.39, 0.29) is 22.2 Å². The lowest BCUT2D eigenvalue weighted by Crippen LogP contribution is -2.19. The maximum absolute atomic E-state index is 13.8. The molecule has 3 aromatic carbocycles. The van der Waals surface area contributed by atoms with Gasteiger partial charge in [0.25, 0.3) is 15.6 Å². The fourth-order valence-corrected chi connectivity index (χ4v) is 4.88. The molecule has 0 fully saturated rings. The number of benzene rings is 3. The molecule has 0 unspecified atom stereocenters. The fourth-order valence-electron chi connectivity index (χ4n) is 3.88. The van der Waals surface area contributed by atoms with E-state index in [1.807, 2.05) is 0 Å². The van der Waals surface area contributed by atoms with Crippen LogP contribution in [0.15, 0.2) is 101 Å². The van der Waals surface area contributed by atoms with Crippen molar-refractivity contribution in [1.82, 2.24) is 14.5 Å². The summed E-state index contributed by atoms with van der Waals surface area (Å²) in [4.78, 5) is 20.8. The minimum Gasteiger partial charge on any atom is -0.495 e. The summed E-state index contributed by atoms with van der Waals surface area (Å²) in [6, 6.07) is 20.2. The summed E-state index contributed by atoms with van der Waals surface area (Å²) in [6.07, 6.45) is 2.85. The molecule has 1 N–H and O–H groups in total. The number of sulfonamides is 1. The van der Waals surface area contributed by atoms with Crippen molar-refractivity contribution in [2.75, 3.05) is 11.8 Å². The third-order valence-electron chi connectivity index (χ3n) is 5.55. The Balaban J connectivity index is 1.65. The van der Waals surface area contributed by atoms with Crippen molar-refractivity contribution in [3.63, 3.8) is 0 Å². The average molecular weight is 503 g/mol. The summed E-state index contributed by atoms with van der Waals surface area (Å²) in [6.45, 7) is 0. The highest BCUT2D eigenvalue weighted by Crippen LogP contribution is 2.31. The molecule has 0 spiro atoms. The summed E-state index contributed by atoms with van der Waals surface area (Å²) < 4.78 is 48.9. The van der Waals surface area contributed by atoms with Gasteiger partial charge in [0.15, 0.2) is 0 Å². The number of hydrogen-bond acceptors (Lipinski definition) is 6. The second kappa shape index (κ2) is 9.23. The lowest BCUT2D eigenvalue weighted by atomic mass is 10.0. The standard InChI is InChI=1S/C26H19FN4O4S/c1-35-24-10-6-18(17-4-2-5-20(27)14-17)16-23(24)31-22-9-8-21(15-19(22)7-11-25(31)32)36(33,34)30-26-28-12-3-13-29-26/h2-16H,1H3,(H,28,29,30). The minimum atomic E-state index is -3.97. The average Bonchev–Trinajstić information content (AvgIpc) is 2.88. The summed E-state index contributed by atoms with van der Waals surface area (Å²) in [5.41, 5.74) is 1.87. The van der Waals surface area contributed by atoms with Crippen molar-refractivity contribution >= 4 is 26.9 Å². The first-order valence-corrected chi connectivity index (χ1v) is 12.2. The second-order valence-electron chi connectivity index (χ2n) is 7.80. The zero-order valence-electron chi connectivity index (χ0n) is 18.9. The van der Waals surface area contributed by atoms with Gasteiger partial charge in [0.05, 0.1) is 23.2 Å². The maximum Gasteiger partial charge on any atom is 0.264 e. The second-order valence-corrected chi connectivity index (χ2v) is 9.48. The molecule has 36 heavy (non-hydrogen) atoms. The molecule has 0 aliphatic carbocycles. The number of pyridine rings is 1. The van der Waals surface area contributed by atoms with Gasteiger partial charge in [-0.15, -0.1) is 0 Å². The van der Waals surface area contributed by atoms with Crippen molar-refractivity contribution in [3.8, 4) is 22.6 Å². The van der Waals surface area contributed by atoms with Crippen LogP contribution in [0.3, 0.4) is 0 Å². The zero-order chi connectivity index (χ0) is 25.3. The van der Waals surface area contributed by atoms with E-state index in [1.165, 1.54) is 54.4 Å². The Bertz CT molecular complexity index is 1760. The summed E-state index contributed by atoms with van der Waals surface area (Å²) in [5.74, 6) is -0.0127. The Morgan fingerprint density at radius 2 is 1.67 bits per heavy atom. The van der Waals surface area contributed by atoms with Crippen molar-refractivity contribution in [2.24, 2.45) is 0 Å². The summed E-state index contributed by atoms with van der Waals surface area (Å²) in [5, 5.41) is 0.504. The third kappa shape index (κ3) is 4.41. The molecule has 0 saturated heterocycles. The number of fused-ring (bicyclic) bond motifs is 1.